The average Bonchev–Trinajstić information content (AvgIpc) is 3.11. The van der Waals surface area contributed by atoms with E-state index in [1.165, 1.54) is 0 Å². The summed E-state index contributed by atoms with van der Waals surface area (Å²) in [5.41, 5.74) is 1.83. The van der Waals surface area contributed by atoms with Crippen LogP contribution in [0.15, 0.2) is 24.3 Å². The molecule has 6 heteroatoms. The number of nitrogens with zero attached hydrogens (tertiary/aromatic N) is 2. The second kappa shape index (κ2) is 8.54. The van der Waals surface area contributed by atoms with Gasteiger partial charge in [-0.1, -0.05) is 18.2 Å². The van der Waals surface area contributed by atoms with Gasteiger partial charge >= 0.3 is 6.09 Å². The van der Waals surface area contributed by atoms with Gasteiger partial charge in [-0.2, -0.15) is 0 Å². The summed E-state index contributed by atoms with van der Waals surface area (Å²) in [6.07, 6.45) is 2.64. The van der Waals surface area contributed by atoms with Crippen LogP contribution in [0.5, 0.6) is 0 Å². The standard InChI is InChI=1S/C20H29N3O3/c1-3-26-20(25)22-11-8-16(9-12-22)21-17-10-13-23(14-17)19(24)18-7-5-4-6-15(18)2/h4-7,16-17,21H,3,8-14H2,1-2H3/t17-/m1/s1. The molecule has 0 radical (unpaired) electrons. The Balaban J connectivity index is 1.46. The molecule has 2 aliphatic rings. The summed E-state index contributed by atoms with van der Waals surface area (Å²) >= 11 is 0. The Morgan fingerprint density at radius 3 is 2.42 bits per heavy atom. The fraction of sp³-hybridized carbons (Fsp3) is 0.600. The van der Waals surface area contributed by atoms with Crippen LogP contribution >= 0.6 is 0 Å². The van der Waals surface area contributed by atoms with E-state index in [1.807, 2.05) is 43.0 Å². The van der Waals surface area contributed by atoms with Crippen LogP contribution in [0.4, 0.5) is 4.79 Å². The van der Waals surface area contributed by atoms with E-state index in [2.05, 4.69) is 5.32 Å². The Hall–Kier alpha value is -2.08. The number of likely N-dealkylation sites (tertiary alicyclic amines) is 2. The normalized spacial score (nSPS) is 21.1. The summed E-state index contributed by atoms with van der Waals surface area (Å²) in [5, 5.41) is 3.69. The molecule has 2 fully saturated rings. The van der Waals surface area contributed by atoms with Gasteiger partial charge in [0.05, 0.1) is 6.61 Å². The van der Waals surface area contributed by atoms with Crippen LogP contribution in [0.1, 0.15) is 42.1 Å². The lowest BCUT2D eigenvalue weighted by Crippen LogP contribution is -2.48. The van der Waals surface area contributed by atoms with E-state index in [4.69, 9.17) is 4.74 Å². The molecule has 0 unspecified atom stereocenters. The molecule has 1 aromatic rings. The Kier molecular flexibility index (Phi) is 6.14. The lowest BCUT2D eigenvalue weighted by molar-refractivity contribution is 0.0783. The maximum absolute atomic E-state index is 12.7. The quantitative estimate of drug-likeness (QED) is 0.897. The Labute approximate surface area is 155 Å². The number of benzene rings is 1. The number of hydrogen-bond acceptors (Lipinski definition) is 4. The third kappa shape index (κ3) is 4.36. The molecular weight excluding hydrogens is 330 g/mol. The number of nitrogens with one attached hydrogen (secondary N) is 1. The molecule has 0 saturated carbocycles. The van der Waals surface area contributed by atoms with Crippen molar-refractivity contribution in [2.45, 2.75) is 45.2 Å². The molecule has 0 spiro atoms. The van der Waals surface area contributed by atoms with Crippen LogP contribution in [0.2, 0.25) is 0 Å². The molecule has 2 amide bonds. The topological polar surface area (TPSA) is 61.9 Å². The SMILES string of the molecule is CCOC(=O)N1CCC(N[C@@H]2CCN(C(=O)c3ccccc3C)C2)CC1. The zero-order valence-electron chi connectivity index (χ0n) is 15.7. The highest BCUT2D eigenvalue weighted by Gasteiger charge is 2.30. The number of hydrogen-bond donors (Lipinski definition) is 1. The summed E-state index contributed by atoms with van der Waals surface area (Å²) in [7, 11) is 0. The van der Waals surface area contributed by atoms with Crippen molar-refractivity contribution in [3.63, 3.8) is 0 Å². The van der Waals surface area contributed by atoms with Gasteiger partial charge < -0.3 is 19.9 Å². The molecule has 6 nitrogen and oxygen atoms in total. The van der Waals surface area contributed by atoms with Crippen molar-refractivity contribution in [1.29, 1.82) is 0 Å². The molecule has 0 bridgehead atoms. The van der Waals surface area contributed by atoms with Crippen LogP contribution < -0.4 is 5.32 Å². The van der Waals surface area contributed by atoms with E-state index in [0.717, 1.165) is 56.6 Å². The first-order valence-electron chi connectivity index (χ1n) is 9.61. The van der Waals surface area contributed by atoms with Crippen LogP contribution in [0.25, 0.3) is 0 Å². The molecule has 142 valence electrons. The highest BCUT2D eigenvalue weighted by molar-refractivity contribution is 5.95. The van der Waals surface area contributed by atoms with Gasteiger partial charge in [0.15, 0.2) is 0 Å². The van der Waals surface area contributed by atoms with Crippen molar-refractivity contribution in [3.05, 3.63) is 35.4 Å². The fourth-order valence-electron chi connectivity index (χ4n) is 3.84. The van der Waals surface area contributed by atoms with Crippen molar-refractivity contribution < 1.29 is 14.3 Å². The maximum Gasteiger partial charge on any atom is 0.409 e. The van der Waals surface area contributed by atoms with Gasteiger partial charge in [-0.3, -0.25) is 4.79 Å². The molecule has 1 atom stereocenters. The van der Waals surface area contributed by atoms with Crippen molar-refractivity contribution in [3.8, 4) is 0 Å². The van der Waals surface area contributed by atoms with Gasteiger partial charge in [0.25, 0.3) is 5.91 Å². The zero-order valence-corrected chi connectivity index (χ0v) is 15.7. The minimum absolute atomic E-state index is 0.129. The lowest BCUT2D eigenvalue weighted by atomic mass is 10.0. The van der Waals surface area contributed by atoms with Gasteiger partial charge in [-0.05, 0) is 44.7 Å². The highest BCUT2D eigenvalue weighted by atomic mass is 16.6. The van der Waals surface area contributed by atoms with Gasteiger partial charge in [-0.15, -0.1) is 0 Å². The molecule has 2 aliphatic heterocycles. The predicted octanol–water partition coefficient (Wildman–Crippen LogP) is 2.42. The second-order valence-electron chi connectivity index (χ2n) is 7.18. The van der Waals surface area contributed by atoms with Crippen molar-refractivity contribution in [1.82, 2.24) is 15.1 Å². The van der Waals surface area contributed by atoms with Crippen molar-refractivity contribution in [2.24, 2.45) is 0 Å². The summed E-state index contributed by atoms with van der Waals surface area (Å²) in [6.45, 7) is 7.25. The van der Waals surface area contributed by atoms with Gasteiger partial charge in [0, 0.05) is 43.8 Å². The lowest BCUT2D eigenvalue weighted by Gasteiger charge is -2.33. The van der Waals surface area contributed by atoms with Crippen molar-refractivity contribution in [2.75, 3.05) is 32.8 Å². The zero-order chi connectivity index (χ0) is 18.5. The summed E-state index contributed by atoms with van der Waals surface area (Å²) < 4.78 is 5.06. The Morgan fingerprint density at radius 2 is 1.73 bits per heavy atom. The first-order valence-corrected chi connectivity index (χ1v) is 9.61. The van der Waals surface area contributed by atoms with E-state index in [9.17, 15) is 9.59 Å². The van der Waals surface area contributed by atoms with Crippen molar-refractivity contribution >= 4 is 12.0 Å². The third-order valence-corrected chi connectivity index (χ3v) is 5.34. The highest BCUT2D eigenvalue weighted by Crippen LogP contribution is 2.19. The average molecular weight is 359 g/mol. The minimum Gasteiger partial charge on any atom is -0.450 e. The Bertz CT molecular complexity index is 641. The first-order chi connectivity index (χ1) is 12.6. The van der Waals surface area contributed by atoms with Gasteiger partial charge in [0.1, 0.15) is 0 Å². The predicted molar refractivity (Wildman–Crippen MR) is 100 cm³/mol. The monoisotopic (exact) mass is 359 g/mol. The van der Waals surface area contributed by atoms with Gasteiger partial charge in [-0.25, -0.2) is 4.79 Å². The smallest absolute Gasteiger partial charge is 0.409 e. The summed E-state index contributed by atoms with van der Waals surface area (Å²) in [5.74, 6) is 0.129. The van der Waals surface area contributed by atoms with Gasteiger partial charge in [0.2, 0.25) is 0 Å². The van der Waals surface area contributed by atoms with E-state index < -0.39 is 0 Å². The summed E-state index contributed by atoms with van der Waals surface area (Å²) in [4.78, 5) is 28.2. The fourth-order valence-corrected chi connectivity index (χ4v) is 3.84. The number of ether oxygens (including phenoxy) is 1. The number of carbonyl (C=O) groups excluding carboxylic acids is 2. The number of rotatable bonds is 4. The van der Waals surface area contributed by atoms with Crippen LogP contribution in [-0.2, 0) is 4.74 Å². The van der Waals surface area contributed by atoms with Crippen LogP contribution in [-0.4, -0.2) is 66.7 Å². The Morgan fingerprint density at radius 1 is 1.08 bits per heavy atom. The largest absolute Gasteiger partial charge is 0.450 e. The maximum atomic E-state index is 12.7. The number of aryl methyl sites for hydroxylation is 1. The molecule has 2 heterocycles. The van der Waals surface area contributed by atoms with Crippen LogP contribution in [0, 0.1) is 6.92 Å². The first kappa shape index (κ1) is 18.7. The number of amides is 2. The van der Waals surface area contributed by atoms with E-state index in [-0.39, 0.29) is 12.0 Å². The van der Waals surface area contributed by atoms with E-state index in [0.29, 0.717) is 18.7 Å². The molecule has 0 aromatic heterocycles. The third-order valence-electron chi connectivity index (χ3n) is 5.34. The molecular formula is C20H29N3O3. The number of piperidine rings is 1. The molecule has 1 N–H and O–H groups in total. The second-order valence-corrected chi connectivity index (χ2v) is 7.18. The molecule has 26 heavy (non-hydrogen) atoms. The van der Waals surface area contributed by atoms with E-state index >= 15 is 0 Å². The molecule has 0 aliphatic carbocycles. The molecule has 2 saturated heterocycles. The van der Waals surface area contributed by atoms with E-state index in [1.54, 1.807) is 4.90 Å². The molecule has 3 rings (SSSR count). The summed E-state index contributed by atoms with van der Waals surface area (Å²) in [6, 6.07) is 8.51. The molecule has 1 aromatic carbocycles. The minimum atomic E-state index is -0.207. The van der Waals surface area contributed by atoms with Crippen LogP contribution in [0.3, 0.4) is 0 Å². The number of carbonyl (C=O) groups is 2.